The Kier molecular flexibility index (Phi) is 8.36. The number of benzene rings is 3. The first-order valence-electron chi connectivity index (χ1n) is 10.9. The molecule has 0 amide bonds. The highest BCUT2D eigenvalue weighted by Crippen LogP contribution is 2.30. The number of fused-ring (bicyclic) bond motifs is 1. The zero-order valence-corrected chi connectivity index (χ0v) is 18.6. The summed E-state index contributed by atoms with van der Waals surface area (Å²) in [5.41, 5.74) is 6.68. The quantitative estimate of drug-likeness (QED) is 0.421. The Morgan fingerprint density at radius 3 is 2.43 bits per heavy atom. The Morgan fingerprint density at radius 1 is 0.900 bits per heavy atom. The first-order valence-corrected chi connectivity index (χ1v) is 10.9. The molecule has 1 N–H and O–H groups in total. The molecule has 0 spiro atoms. The second-order valence-electron chi connectivity index (χ2n) is 8.03. The van der Waals surface area contributed by atoms with Crippen molar-refractivity contribution >= 4 is 12.4 Å². The molecule has 1 aliphatic rings. The minimum Gasteiger partial charge on any atom is -0.489 e. The van der Waals surface area contributed by atoms with Gasteiger partial charge in [-0.05, 0) is 84.6 Å². The monoisotopic (exact) mass is 421 g/mol. The second kappa shape index (κ2) is 11.2. The Bertz CT molecular complexity index is 908. The van der Waals surface area contributed by atoms with E-state index in [0.29, 0.717) is 6.61 Å². The molecule has 1 aliphatic carbocycles. The molecule has 2 nitrogen and oxygen atoms in total. The first-order chi connectivity index (χ1) is 14.3. The summed E-state index contributed by atoms with van der Waals surface area (Å²) in [6.07, 6.45) is 4.96. The van der Waals surface area contributed by atoms with E-state index >= 15 is 0 Å². The van der Waals surface area contributed by atoms with Crippen LogP contribution in [0.4, 0.5) is 0 Å². The number of rotatable bonds is 8. The smallest absolute Gasteiger partial charge is 0.120 e. The van der Waals surface area contributed by atoms with Crippen LogP contribution in [-0.2, 0) is 19.4 Å². The SMILES string of the molecule is CCNCCC1CCc2cc(OCc3ccc(-c4ccccc4)cc3)ccc2C1.Cl. The summed E-state index contributed by atoms with van der Waals surface area (Å²) in [7, 11) is 0. The summed E-state index contributed by atoms with van der Waals surface area (Å²) < 4.78 is 6.10. The van der Waals surface area contributed by atoms with Crippen LogP contribution >= 0.6 is 12.4 Å². The molecule has 3 aromatic rings. The van der Waals surface area contributed by atoms with E-state index in [1.165, 1.54) is 53.5 Å². The van der Waals surface area contributed by atoms with Gasteiger partial charge in [-0.1, -0.05) is 67.6 Å². The molecule has 0 aromatic heterocycles. The van der Waals surface area contributed by atoms with Crippen molar-refractivity contribution in [2.24, 2.45) is 5.92 Å². The molecule has 0 saturated heterocycles. The van der Waals surface area contributed by atoms with Crippen LogP contribution in [0, 0.1) is 5.92 Å². The molecular formula is C27H32ClNO. The molecule has 0 fully saturated rings. The summed E-state index contributed by atoms with van der Waals surface area (Å²) >= 11 is 0. The predicted molar refractivity (Wildman–Crippen MR) is 129 cm³/mol. The van der Waals surface area contributed by atoms with Gasteiger partial charge in [0.25, 0.3) is 0 Å². The molecule has 0 aliphatic heterocycles. The maximum atomic E-state index is 6.10. The van der Waals surface area contributed by atoms with Crippen LogP contribution in [0.5, 0.6) is 5.75 Å². The van der Waals surface area contributed by atoms with Crippen LogP contribution in [0.25, 0.3) is 11.1 Å². The lowest BCUT2D eigenvalue weighted by Gasteiger charge is -2.25. The summed E-state index contributed by atoms with van der Waals surface area (Å²) in [4.78, 5) is 0. The van der Waals surface area contributed by atoms with Crippen molar-refractivity contribution in [2.75, 3.05) is 13.1 Å². The molecule has 4 rings (SSSR count). The van der Waals surface area contributed by atoms with Gasteiger partial charge in [0.1, 0.15) is 12.4 Å². The van der Waals surface area contributed by atoms with Gasteiger partial charge >= 0.3 is 0 Å². The highest BCUT2D eigenvalue weighted by Gasteiger charge is 2.18. The summed E-state index contributed by atoms with van der Waals surface area (Å²) in [6, 6.07) is 25.8. The highest BCUT2D eigenvalue weighted by molar-refractivity contribution is 5.85. The van der Waals surface area contributed by atoms with E-state index in [0.717, 1.165) is 24.8 Å². The van der Waals surface area contributed by atoms with E-state index in [4.69, 9.17) is 4.74 Å². The van der Waals surface area contributed by atoms with Gasteiger partial charge in [-0.25, -0.2) is 0 Å². The van der Waals surface area contributed by atoms with Crippen molar-refractivity contribution in [1.29, 1.82) is 0 Å². The largest absolute Gasteiger partial charge is 0.489 e. The number of hydrogen-bond acceptors (Lipinski definition) is 2. The number of ether oxygens (including phenoxy) is 1. The van der Waals surface area contributed by atoms with Crippen molar-refractivity contribution in [2.45, 2.75) is 39.2 Å². The third-order valence-electron chi connectivity index (χ3n) is 5.95. The van der Waals surface area contributed by atoms with Crippen LogP contribution in [0.1, 0.15) is 36.5 Å². The molecule has 1 atom stereocenters. The molecular weight excluding hydrogens is 390 g/mol. The van der Waals surface area contributed by atoms with Gasteiger partial charge < -0.3 is 10.1 Å². The number of nitrogens with one attached hydrogen (secondary N) is 1. The zero-order valence-electron chi connectivity index (χ0n) is 17.8. The van der Waals surface area contributed by atoms with Crippen LogP contribution in [-0.4, -0.2) is 13.1 Å². The van der Waals surface area contributed by atoms with Gasteiger partial charge in [-0.2, -0.15) is 0 Å². The van der Waals surface area contributed by atoms with E-state index in [-0.39, 0.29) is 12.4 Å². The van der Waals surface area contributed by atoms with E-state index in [1.54, 1.807) is 0 Å². The Labute approximate surface area is 187 Å². The Balaban J connectivity index is 0.00000256. The van der Waals surface area contributed by atoms with Crippen LogP contribution in [0.2, 0.25) is 0 Å². The second-order valence-corrected chi connectivity index (χ2v) is 8.03. The van der Waals surface area contributed by atoms with Gasteiger partial charge in [-0.15, -0.1) is 12.4 Å². The van der Waals surface area contributed by atoms with Crippen molar-refractivity contribution in [3.05, 3.63) is 89.5 Å². The van der Waals surface area contributed by atoms with Gasteiger partial charge in [-0.3, -0.25) is 0 Å². The zero-order chi connectivity index (χ0) is 19.9. The molecule has 0 bridgehead atoms. The fraction of sp³-hybridized carbons (Fsp3) is 0.333. The van der Waals surface area contributed by atoms with E-state index in [1.807, 2.05) is 6.07 Å². The van der Waals surface area contributed by atoms with Gasteiger partial charge in [0.05, 0.1) is 0 Å². The maximum absolute atomic E-state index is 6.10. The third-order valence-corrected chi connectivity index (χ3v) is 5.95. The van der Waals surface area contributed by atoms with Crippen molar-refractivity contribution in [3.63, 3.8) is 0 Å². The predicted octanol–water partition coefficient (Wildman–Crippen LogP) is 6.46. The molecule has 3 heteroatoms. The lowest BCUT2D eigenvalue weighted by Crippen LogP contribution is -2.21. The molecule has 158 valence electrons. The lowest BCUT2D eigenvalue weighted by molar-refractivity contribution is 0.305. The molecule has 0 radical (unpaired) electrons. The van der Waals surface area contributed by atoms with Gasteiger partial charge in [0.15, 0.2) is 0 Å². The number of aryl methyl sites for hydroxylation is 1. The van der Waals surface area contributed by atoms with E-state index in [2.05, 4.69) is 79.0 Å². The minimum absolute atomic E-state index is 0. The third kappa shape index (κ3) is 5.87. The standard InChI is InChI=1S/C27H31NO.ClH/c1-2-28-17-16-21-8-13-26-19-27(15-14-25(26)18-21)29-20-22-9-11-24(12-10-22)23-6-4-3-5-7-23;/h3-7,9-12,14-15,19,21,28H,2,8,13,16-18,20H2,1H3;1H. The molecule has 1 unspecified atom stereocenters. The number of hydrogen-bond donors (Lipinski definition) is 1. The molecule has 0 saturated carbocycles. The first kappa shape index (κ1) is 22.4. The summed E-state index contributed by atoms with van der Waals surface area (Å²) in [5, 5.41) is 3.45. The summed E-state index contributed by atoms with van der Waals surface area (Å²) in [6.45, 7) is 4.99. The Morgan fingerprint density at radius 2 is 1.67 bits per heavy atom. The normalized spacial score (nSPS) is 15.2. The van der Waals surface area contributed by atoms with E-state index in [9.17, 15) is 0 Å². The van der Waals surface area contributed by atoms with Crippen LogP contribution < -0.4 is 10.1 Å². The average Bonchev–Trinajstić information content (AvgIpc) is 2.79. The van der Waals surface area contributed by atoms with Crippen molar-refractivity contribution in [1.82, 2.24) is 5.32 Å². The van der Waals surface area contributed by atoms with Crippen molar-refractivity contribution < 1.29 is 4.74 Å². The van der Waals surface area contributed by atoms with Crippen molar-refractivity contribution in [3.8, 4) is 16.9 Å². The minimum atomic E-state index is 0. The molecule has 3 aromatic carbocycles. The van der Waals surface area contributed by atoms with E-state index < -0.39 is 0 Å². The fourth-order valence-corrected chi connectivity index (χ4v) is 4.22. The van der Waals surface area contributed by atoms with Crippen LogP contribution in [0.15, 0.2) is 72.8 Å². The Hall–Kier alpha value is -2.29. The molecule has 30 heavy (non-hydrogen) atoms. The molecule has 0 heterocycles. The van der Waals surface area contributed by atoms with Gasteiger partial charge in [0.2, 0.25) is 0 Å². The maximum Gasteiger partial charge on any atom is 0.120 e. The fourth-order valence-electron chi connectivity index (χ4n) is 4.22. The lowest BCUT2D eigenvalue weighted by atomic mass is 9.82. The average molecular weight is 422 g/mol. The topological polar surface area (TPSA) is 21.3 Å². The van der Waals surface area contributed by atoms with Gasteiger partial charge in [0, 0.05) is 0 Å². The highest BCUT2D eigenvalue weighted by atomic mass is 35.5. The van der Waals surface area contributed by atoms with Crippen LogP contribution in [0.3, 0.4) is 0 Å². The number of halogens is 1. The summed E-state index contributed by atoms with van der Waals surface area (Å²) in [5.74, 6) is 1.80.